The van der Waals surface area contributed by atoms with Crippen LogP contribution in [-0.2, 0) is 0 Å². The van der Waals surface area contributed by atoms with Crippen molar-refractivity contribution in [3.63, 3.8) is 0 Å². The lowest BCUT2D eigenvalue weighted by Gasteiger charge is -2.16. The minimum Gasteiger partial charge on any atom is -0.494 e. The molecular weight excluding hydrogens is 368 g/mol. The van der Waals surface area contributed by atoms with Gasteiger partial charge in [0.05, 0.1) is 12.8 Å². The van der Waals surface area contributed by atoms with E-state index in [2.05, 4.69) is 4.98 Å². The molecule has 0 spiro atoms. The first kappa shape index (κ1) is 18.4. The molecule has 0 N–H and O–H groups in total. The number of carbonyl (C=O) groups is 1. The second-order valence-corrected chi connectivity index (χ2v) is 7.25. The standard InChI is InChI=1S/C20H19ClN2O2S/c1-23(12-5-13-25-17-10-8-16(21)9-11-17)20(24)18-14-22-19(26-18)15-6-3-2-4-7-15/h2-4,6-11,14H,5,12-13H2,1H3. The number of thiazole rings is 1. The average molecular weight is 387 g/mol. The van der Waals surface area contributed by atoms with Gasteiger partial charge in [0.25, 0.3) is 5.91 Å². The molecule has 1 aromatic heterocycles. The van der Waals surface area contributed by atoms with E-state index in [1.807, 2.05) is 42.5 Å². The second-order valence-electron chi connectivity index (χ2n) is 5.78. The van der Waals surface area contributed by atoms with Crippen molar-refractivity contribution >= 4 is 28.8 Å². The van der Waals surface area contributed by atoms with Crippen molar-refractivity contribution in [1.29, 1.82) is 0 Å². The highest BCUT2D eigenvalue weighted by Crippen LogP contribution is 2.25. The lowest BCUT2D eigenvalue weighted by atomic mass is 10.2. The molecule has 4 nitrogen and oxygen atoms in total. The molecule has 0 saturated heterocycles. The first-order chi connectivity index (χ1) is 12.6. The Morgan fingerprint density at radius 1 is 1.15 bits per heavy atom. The quantitative estimate of drug-likeness (QED) is 0.536. The van der Waals surface area contributed by atoms with E-state index in [1.165, 1.54) is 11.3 Å². The van der Waals surface area contributed by atoms with Crippen molar-refractivity contribution in [2.75, 3.05) is 20.2 Å². The Morgan fingerprint density at radius 3 is 2.62 bits per heavy atom. The van der Waals surface area contributed by atoms with Crippen molar-refractivity contribution in [3.8, 4) is 16.3 Å². The van der Waals surface area contributed by atoms with Crippen LogP contribution in [0.2, 0.25) is 5.02 Å². The molecule has 1 heterocycles. The largest absolute Gasteiger partial charge is 0.494 e. The van der Waals surface area contributed by atoms with E-state index >= 15 is 0 Å². The molecule has 0 aliphatic heterocycles. The van der Waals surface area contributed by atoms with E-state index in [9.17, 15) is 4.79 Å². The number of nitrogens with zero attached hydrogens (tertiary/aromatic N) is 2. The molecule has 0 bridgehead atoms. The van der Waals surface area contributed by atoms with Gasteiger partial charge in [-0.1, -0.05) is 41.9 Å². The van der Waals surface area contributed by atoms with E-state index in [-0.39, 0.29) is 5.91 Å². The van der Waals surface area contributed by atoms with Crippen molar-refractivity contribution in [2.24, 2.45) is 0 Å². The topological polar surface area (TPSA) is 42.4 Å². The van der Waals surface area contributed by atoms with Crippen LogP contribution in [0.3, 0.4) is 0 Å². The van der Waals surface area contributed by atoms with Gasteiger partial charge in [-0.15, -0.1) is 11.3 Å². The number of aromatic nitrogens is 1. The monoisotopic (exact) mass is 386 g/mol. The molecule has 3 rings (SSSR count). The fraction of sp³-hybridized carbons (Fsp3) is 0.200. The first-order valence-corrected chi connectivity index (χ1v) is 9.48. The van der Waals surface area contributed by atoms with Crippen molar-refractivity contribution in [1.82, 2.24) is 9.88 Å². The van der Waals surface area contributed by atoms with E-state index in [1.54, 1.807) is 30.3 Å². The lowest BCUT2D eigenvalue weighted by Crippen LogP contribution is -2.28. The molecular formula is C20H19ClN2O2S. The average Bonchev–Trinajstić information content (AvgIpc) is 3.17. The molecule has 0 aliphatic rings. The Morgan fingerprint density at radius 2 is 1.88 bits per heavy atom. The van der Waals surface area contributed by atoms with Gasteiger partial charge >= 0.3 is 0 Å². The van der Waals surface area contributed by atoms with E-state index in [0.717, 1.165) is 22.7 Å². The molecule has 0 fully saturated rings. The third kappa shape index (κ3) is 4.84. The van der Waals surface area contributed by atoms with Gasteiger partial charge in [-0.3, -0.25) is 4.79 Å². The molecule has 0 unspecified atom stereocenters. The molecule has 0 radical (unpaired) electrons. The predicted molar refractivity (Wildman–Crippen MR) is 106 cm³/mol. The normalized spacial score (nSPS) is 10.5. The van der Waals surface area contributed by atoms with Crippen molar-refractivity contribution in [3.05, 3.63) is 70.7 Å². The Balaban J connectivity index is 1.48. The van der Waals surface area contributed by atoms with Crippen LogP contribution in [-0.4, -0.2) is 36.0 Å². The summed E-state index contributed by atoms with van der Waals surface area (Å²) < 4.78 is 5.65. The van der Waals surface area contributed by atoms with Crippen molar-refractivity contribution in [2.45, 2.75) is 6.42 Å². The van der Waals surface area contributed by atoms with Gasteiger partial charge in [-0.25, -0.2) is 4.98 Å². The third-order valence-corrected chi connectivity index (χ3v) is 5.09. The molecule has 0 aliphatic carbocycles. The zero-order valence-corrected chi connectivity index (χ0v) is 16.0. The van der Waals surface area contributed by atoms with Crippen LogP contribution < -0.4 is 4.74 Å². The van der Waals surface area contributed by atoms with E-state index in [0.29, 0.717) is 23.1 Å². The Bertz CT molecular complexity index is 850. The minimum absolute atomic E-state index is 0.0174. The summed E-state index contributed by atoms with van der Waals surface area (Å²) in [4.78, 5) is 19.2. The van der Waals surface area contributed by atoms with Gasteiger partial charge < -0.3 is 9.64 Å². The van der Waals surface area contributed by atoms with Crippen LogP contribution in [0.25, 0.3) is 10.6 Å². The SMILES string of the molecule is CN(CCCOc1ccc(Cl)cc1)C(=O)c1cnc(-c2ccccc2)s1. The zero-order chi connectivity index (χ0) is 18.4. The summed E-state index contributed by atoms with van der Waals surface area (Å²) in [5.41, 5.74) is 1.02. The van der Waals surface area contributed by atoms with Crippen molar-refractivity contribution < 1.29 is 9.53 Å². The molecule has 3 aromatic rings. The maximum atomic E-state index is 12.5. The lowest BCUT2D eigenvalue weighted by molar-refractivity contribution is 0.0792. The van der Waals surface area contributed by atoms with Gasteiger partial charge in [0.2, 0.25) is 0 Å². The summed E-state index contributed by atoms with van der Waals surface area (Å²) in [7, 11) is 1.80. The number of rotatable bonds is 7. The molecule has 26 heavy (non-hydrogen) atoms. The number of benzene rings is 2. The number of amides is 1. The molecule has 6 heteroatoms. The molecule has 0 atom stereocenters. The highest BCUT2D eigenvalue weighted by atomic mass is 35.5. The van der Waals surface area contributed by atoms with Crippen LogP contribution >= 0.6 is 22.9 Å². The van der Waals surface area contributed by atoms with Crippen LogP contribution in [0.5, 0.6) is 5.75 Å². The van der Waals surface area contributed by atoms with Crippen LogP contribution in [0.1, 0.15) is 16.1 Å². The molecule has 0 saturated carbocycles. The van der Waals surface area contributed by atoms with E-state index < -0.39 is 0 Å². The van der Waals surface area contributed by atoms with Crippen LogP contribution in [0, 0.1) is 0 Å². The third-order valence-electron chi connectivity index (χ3n) is 3.80. The highest BCUT2D eigenvalue weighted by molar-refractivity contribution is 7.16. The fourth-order valence-corrected chi connectivity index (χ4v) is 3.44. The molecule has 2 aromatic carbocycles. The highest BCUT2D eigenvalue weighted by Gasteiger charge is 2.15. The number of ether oxygens (including phenoxy) is 1. The zero-order valence-electron chi connectivity index (χ0n) is 14.4. The number of hydrogen-bond donors (Lipinski definition) is 0. The Hall–Kier alpha value is -2.37. The van der Waals surface area contributed by atoms with Crippen LogP contribution in [0.4, 0.5) is 0 Å². The van der Waals surface area contributed by atoms with Gasteiger partial charge in [0, 0.05) is 24.2 Å². The second kappa shape index (κ2) is 8.83. The summed E-state index contributed by atoms with van der Waals surface area (Å²) in [5, 5.41) is 1.54. The predicted octanol–water partition coefficient (Wildman–Crippen LogP) is 5.00. The Kier molecular flexibility index (Phi) is 6.26. The van der Waals surface area contributed by atoms with E-state index in [4.69, 9.17) is 16.3 Å². The minimum atomic E-state index is -0.0174. The smallest absolute Gasteiger partial charge is 0.265 e. The van der Waals surface area contributed by atoms with Gasteiger partial charge in [0.1, 0.15) is 15.6 Å². The van der Waals surface area contributed by atoms with Gasteiger partial charge in [0.15, 0.2) is 0 Å². The summed E-state index contributed by atoms with van der Waals surface area (Å²) >= 11 is 7.26. The molecule has 134 valence electrons. The summed E-state index contributed by atoms with van der Waals surface area (Å²) in [6.45, 7) is 1.15. The fourth-order valence-electron chi connectivity index (χ4n) is 2.40. The molecule has 1 amide bonds. The summed E-state index contributed by atoms with van der Waals surface area (Å²) in [5.74, 6) is 0.759. The number of hydrogen-bond acceptors (Lipinski definition) is 4. The first-order valence-electron chi connectivity index (χ1n) is 8.28. The number of halogens is 1. The van der Waals surface area contributed by atoms with Gasteiger partial charge in [-0.05, 0) is 30.7 Å². The summed E-state index contributed by atoms with van der Waals surface area (Å²) in [6.07, 6.45) is 2.39. The maximum absolute atomic E-state index is 12.5. The van der Waals surface area contributed by atoms with Crippen LogP contribution in [0.15, 0.2) is 60.8 Å². The number of carbonyl (C=O) groups excluding carboxylic acids is 1. The maximum Gasteiger partial charge on any atom is 0.265 e. The summed E-state index contributed by atoms with van der Waals surface area (Å²) in [6, 6.07) is 17.1. The Labute approximate surface area is 162 Å². The van der Waals surface area contributed by atoms with Gasteiger partial charge in [-0.2, -0.15) is 0 Å².